The van der Waals surface area contributed by atoms with Crippen LogP contribution in [0.2, 0.25) is 0 Å². The smallest absolute Gasteiger partial charge is 0.0943 e. The molecule has 2 rings (SSSR count). The summed E-state index contributed by atoms with van der Waals surface area (Å²) in [5.41, 5.74) is 0. The van der Waals surface area contributed by atoms with Crippen molar-refractivity contribution < 1.29 is 4.74 Å². The standard InChI is InChI=1S/C4H6N2.C4H8O/c1-6-3-2-5-4-6;1-2-4-5-3-1/h2-4H,1H3;1-4H2. The van der Waals surface area contributed by atoms with Crippen LogP contribution in [-0.4, -0.2) is 22.8 Å². The molecule has 0 amide bonds. The van der Waals surface area contributed by atoms with Crippen LogP contribution in [0.25, 0.3) is 0 Å². The van der Waals surface area contributed by atoms with Gasteiger partial charge in [-0.25, -0.2) is 4.98 Å². The van der Waals surface area contributed by atoms with Gasteiger partial charge >= 0.3 is 0 Å². The van der Waals surface area contributed by atoms with Gasteiger partial charge in [0.2, 0.25) is 0 Å². The third-order valence-electron chi connectivity index (χ3n) is 1.46. The highest BCUT2D eigenvalue weighted by molar-refractivity contribution is 4.70. The second-order valence-electron chi connectivity index (χ2n) is 2.55. The van der Waals surface area contributed by atoms with Crippen molar-refractivity contribution in [3.05, 3.63) is 18.7 Å². The molecule has 3 nitrogen and oxygen atoms in total. The first-order chi connectivity index (χ1) is 5.39. The van der Waals surface area contributed by atoms with Gasteiger partial charge in [-0.1, -0.05) is 0 Å². The van der Waals surface area contributed by atoms with Gasteiger partial charge in [-0.2, -0.15) is 0 Å². The van der Waals surface area contributed by atoms with Gasteiger partial charge in [-0.05, 0) is 12.8 Å². The lowest BCUT2D eigenvalue weighted by Crippen LogP contribution is -1.76. The van der Waals surface area contributed by atoms with Crippen molar-refractivity contribution in [2.24, 2.45) is 7.05 Å². The Balaban J connectivity index is 0.000000112. The largest absolute Gasteiger partial charge is 0.381 e. The first-order valence-corrected chi connectivity index (χ1v) is 3.89. The minimum Gasteiger partial charge on any atom is -0.381 e. The number of aromatic nitrogens is 2. The zero-order chi connectivity index (χ0) is 7.94. The summed E-state index contributed by atoms with van der Waals surface area (Å²) in [7, 11) is 1.94. The van der Waals surface area contributed by atoms with E-state index in [-0.39, 0.29) is 0 Å². The van der Waals surface area contributed by atoms with Crippen LogP contribution in [0.5, 0.6) is 0 Å². The van der Waals surface area contributed by atoms with Gasteiger partial charge in [0.05, 0.1) is 6.33 Å². The number of ether oxygens (including phenoxy) is 1. The van der Waals surface area contributed by atoms with E-state index in [0.717, 1.165) is 13.2 Å². The summed E-state index contributed by atoms with van der Waals surface area (Å²) in [5, 5.41) is 0. The van der Waals surface area contributed by atoms with Gasteiger partial charge in [-0.3, -0.25) is 0 Å². The predicted octanol–water partition coefficient (Wildman–Crippen LogP) is 1.22. The third-order valence-corrected chi connectivity index (χ3v) is 1.46. The summed E-state index contributed by atoms with van der Waals surface area (Å²) >= 11 is 0. The SMILES string of the molecule is C1CCOC1.Cn1ccnc1. The molecule has 1 aliphatic heterocycles. The Morgan fingerprint density at radius 3 is 2.27 bits per heavy atom. The molecule has 0 aromatic carbocycles. The van der Waals surface area contributed by atoms with Crippen molar-refractivity contribution in [3.63, 3.8) is 0 Å². The average Bonchev–Trinajstić information content (AvgIpc) is 2.57. The molecule has 0 spiro atoms. The van der Waals surface area contributed by atoms with E-state index in [1.807, 2.05) is 17.8 Å². The lowest BCUT2D eigenvalue weighted by Gasteiger charge is -1.76. The Labute approximate surface area is 67.0 Å². The Morgan fingerprint density at radius 2 is 2.09 bits per heavy atom. The van der Waals surface area contributed by atoms with E-state index in [1.165, 1.54) is 12.8 Å². The molecule has 2 heterocycles. The highest BCUT2D eigenvalue weighted by atomic mass is 16.5. The maximum absolute atomic E-state index is 4.94. The van der Waals surface area contributed by atoms with Crippen LogP contribution in [0, 0.1) is 0 Å². The van der Waals surface area contributed by atoms with E-state index in [0.29, 0.717) is 0 Å². The minimum absolute atomic E-state index is 1.00. The summed E-state index contributed by atoms with van der Waals surface area (Å²) in [5.74, 6) is 0. The Morgan fingerprint density at radius 1 is 1.36 bits per heavy atom. The van der Waals surface area contributed by atoms with E-state index in [2.05, 4.69) is 4.98 Å². The molecule has 0 N–H and O–H groups in total. The summed E-state index contributed by atoms with van der Waals surface area (Å²) in [6, 6.07) is 0. The molecule has 0 unspecified atom stereocenters. The normalized spacial score (nSPS) is 15.7. The molecule has 1 aliphatic rings. The van der Waals surface area contributed by atoms with E-state index in [9.17, 15) is 0 Å². The first kappa shape index (κ1) is 8.27. The average molecular weight is 154 g/mol. The Hall–Kier alpha value is -0.830. The van der Waals surface area contributed by atoms with Crippen LogP contribution in [-0.2, 0) is 11.8 Å². The second-order valence-corrected chi connectivity index (χ2v) is 2.55. The zero-order valence-electron chi connectivity index (χ0n) is 6.86. The van der Waals surface area contributed by atoms with E-state index in [1.54, 1.807) is 12.5 Å². The topological polar surface area (TPSA) is 27.1 Å². The highest BCUT2D eigenvalue weighted by Gasteiger charge is 1.94. The van der Waals surface area contributed by atoms with Crippen LogP contribution in [0.15, 0.2) is 18.7 Å². The quantitative estimate of drug-likeness (QED) is 0.561. The number of nitrogens with zero attached hydrogens (tertiary/aromatic N) is 2. The molecule has 62 valence electrons. The van der Waals surface area contributed by atoms with Gasteiger partial charge in [0, 0.05) is 32.7 Å². The maximum Gasteiger partial charge on any atom is 0.0943 e. The van der Waals surface area contributed by atoms with Gasteiger partial charge in [0.25, 0.3) is 0 Å². The van der Waals surface area contributed by atoms with Gasteiger partial charge in [0.15, 0.2) is 0 Å². The molecule has 0 bridgehead atoms. The van der Waals surface area contributed by atoms with E-state index >= 15 is 0 Å². The molecule has 11 heavy (non-hydrogen) atoms. The second kappa shape index (κ2) is 4.91. The fourth-order valence-electron chi connectivity index (χ4n) is 0.836. The third kappa shape index (κ3) is 3.78. The van der Waals surface area contributed by atoms with E-state index < -0.39 is 0 Å². The van der Waals surface area contributed by atoms with E-state index in [4.69, 9.17) is 4.74 Å². The number of rotatable bonds is 0. The molecule has 3 heteroatoms. The number of imidazole rings is 1. The molecule has 1 fully saturated rings. The van der Waals surface area contributed by atoms with Crippen molar-refractivity contribution in [2.75, 3.05) is 13.2 Å². The Kier molecular flexibility index (Phi) is 3.69. The first-order valence-electron chi connectivity index (χ1n) is 3.89. The summed E-state index contributed by atoms with van der Waals surface area (Å²) in [6.45, 7) is 2.00. The maximum atomic E-state index is 4.94. The van der Waals surface area contributed by atoms with Crippen molar-refractivity contribution in [1.82, 2.24) is 9.55 Å². The number of hydrogen-bond donors (Lipinski definition) is 0. The molecule has 1 aromatic heterocycles. The highest BCUT2D eigenvalue weighted by Crippen LogP contribution is 1.98. The zero-order valence-corrected chi connectivity index (χ0v) is 6.86. The fraction of sp³-hybridized carbons (Fsp3) is 0.625. The molecular weight excluding hydrogens is 140 g/mol. The van der Waals surface area contributed by atoms with Gasteiger partial charge < -0.3 is 9.30 Å². The minimum atomic E-state index is 1.00. The molecule has 0 aliphatic carbocycles. The molecule has 0 radical (unpaired) electrons. The molecule has 1 saturated heterocycles. The number of aryl methyl sites for hydroxylation is 1. The molecule has 1 aromatic rings. The van der Waals surface area contributed by atoms with Crippen LogP contribution >= 0.6 is 0 Å². The number of hydrogen-bond acceptors (Lipinski definition) is 2. The fourth-order valence-corrected chi connectivity index (χ4v) is 0.836. The van der Waals surface area contributed by atoms with Crippen molar-refractivity contribution in [2.45, 2.75) is 12.8 Å². The summed E-state index contributed by atoms with van der Waals surface area (Å²) in [6.07, 6.45) is 7.94. The summed E-state index contributed by atoms with van der Waals surface area (Å²) < 4.78 is 6.83. The van der Waals surface area contributed by atoms with Crippen LogP contribution < -0.4 is 0 Å². The van der Waals surface area contributed by atoms with Crippen molar-refractivity contribution >= 4 is 0 Å². The summed E-state index contributed by atoms with van der Waals surface area (Å²) in [4.78, 5) is 3.78. The van der Waals surface area contributed by atoms with Crippen LogP contribution in [0.4, 0.5) is 0 Å². The van der Waals surface area contributed by atoms with Crippen molar-refractivity contribution in [3.8, 4) is 0 Å². The molecular formula is C8H14N2O. The predicted molar refractivity (Wildman–Crippen MR) is 43.3 cm³/mol. The monoisotopic (exact) mass is 154 g/mol. The van der Waals surface area contributed by atoms with Crippen LogP contribution in [0.3, 0.4) is 0 Å². The van der Waals surface area contributed by atoms with Crippen LogP contribution in [0.1, 0.15) is 12.8 Å². The van der Waals surface area contributed by atoms with Crippen molar-refractivity contribution in [1.29, 1.82) is 0 Å². The Bertz CT molecular complexity index is 161. The lowest BCUT2D eigenvalue weighted by atomic mass is 10.4. The van der Waals surface area contributed by atoms with Gasteiger partial charge in [0.1, 0.15) is 0 Å². The molecule has 0 atom stereocenters. The molecule has 0 saturated carbocycles. The van der Waals surface area contributed by atoms with Gasteiger partial charge in [-0.15, -0.1) is 0 Å². The lowest BCUT2D eigenvalue weighted by molar-refractivity contribution is 0.198.